The van der Waals surface area contributed by atoms with E-state index in [0.717, 1.165) is 16.8 Å². The van der Waals surface area contributed by atoms with Crippen molar-refractivity contribution in [2.24, 2.45) is 0 Å². The molecule has 0 amide bonds. The molecular weight excluding hydrogens is 519 g/mol. The molecule has 6 N–H and O–H groups in total. The third-order valence-corrected chi connectivity index (χ3v) is 7.80. The first kappa shape index (κ1) is 26.5. The van der Waals surface area contributed by atoms with Gasteiger partial charge in [0.15, 0.2) is 22.8 Å². The fourth-order valence-electron chi connectivity index (χ4n) is 2.42. The first-order chi connectivity index (χ1) is 14.0. The molecule has 0 saturated carbocycles. The van der Waals surface area contributed by atoms with E-state index in [1.54, 1.807) is 0 Å². The predicted molar refractivity (Wildman–Crippen MR) is 95.4 cm³/mol. The maximum Gasteiger partial charge on any atom is 0.490 e. The highest BCUT2D eigenvalue weighted by Gasteiger charge is 2.57. The molecule has 15 nitrogen and oxygen atoms in total. The minimum absolute atomic E-state index is 0.366. The van der Waals surface area contributed by atoms with Crippen molar-refractivity contribution in [2.45, 2.75) is 24.1 Å². The van der Waals surface area contributed by atoms with Gasteiger partial charge in [-0.3, -0.25) is 18.9 Å². The second kappa shape index (κ2) is 9.27. The number of halogens is 2. The van der Waals surface area contributed by atoms with Crippen LogP contribution in [0.3, 0.4) is 0 Å². The molecule has 0 spiro atoms. The molecule has 1 fully saturated rings. The third-order valence-electron chi connectivity index (χ3n) is 3.71. The average molecular weight is 534 g/mol. The molecule has 1 aliphatic rings. The number of nitrogens with zero attached hydrogens (tertiary/aromatic N) is 1. The topological polar surface area (TPSA) is 227 Å². The van der Waals surface area contributed by atoms with Crippen LogP contribution in [0.2, 0.25) is 0 Å². The van der Waals surface area contributed by atoms with Crippen LogP contribution in [0, 0.1) is 4.77 Å². The van der Waals surface area contributed by atoms with Gasteiger partial charge in [0.25, 0.3) is 5.56 Å². The first-order valence-corrected chi connectivity index (χ1v) is 12.6. The van der Waals surface area contributed by atoms with Crippen LogP contribution in [0.25, 0.3) is 0 Å². The van der Waals surface area contributed by atoms with Gasteiger partial charge in [-0.1, -0.05) is 0 Å². The molecular formula is C10H15F2N2O13P3S. The van der Waals surface area contributed by atoms with E-state index >= 15 is 0 Å². The summed E-state index contributed by atoms with van der Waals surface area (Å²) < 4.78 is 78.7. The van der Waals surface area contributed by atoms with Gasteiger partial charge in [-0.05, 0) is 12.2 Å². The lowest BCUT2D eigenvalue weighted by Crippen LogP contribution is -2.48. The Morgan fingerprint density at radius 3 is 2.35 bits per heavy atom. The summed E-state index contributed by atoms with van der Waals surface area (Å²) in [5.74, 6) is 0. The van der Waals surface area contributed by atoms with Gasteiger partial charge < -0.3 is 29.4 Å². The Bertz CT molecular complexity index is 1080. The summed E-state index contributed by atoms with van der Waals surface area (Å²) in [4.78, 5) is 48.8. The molecule has 0 aromatic carbocycles. The smallest absolute Gasteiger partial charge is 0.387 e. The number of aliphatic hydroxyl groups excluding tert-OH is 1. The fourth-order valence-corrected chi connectivity index (χ4v) is 5.76. The second-order valence-corrected chi connectivity index (χ2v) is 10.8. The lowest BCUT2D eigenvalue weighted by Gasteiger charge is -2.29. The van der Waals surface area contributed by atoms with E-state index in [9.17, 15) is 37.3 Å². The van der Waals surface area contributed by atoms with E-state index in [1.807, 2.05) is 0 Å². The highest BCUT2D eigenvalue weighted by molar-refractivity contribution is 7.71. The quantitative estimate of drug-likeness (QED) is 0.184. The standard InChI is InChI=1S/C10H15F2N2O13P3S/c11-3-10(4-24-29(20,21)27-30(22,23)26-28(17,18)19)7(16)6(12)8(25-10)14-2-1-5(15)13-9(14)31/h1-2,6-8,16H,3-4H2,(H,20,21)(H,22,23)(H,13,15,31)(H2,17,18,19)/t6-,7?,8+,10+/m0/s1. The zero-order valence-electron chi connectivity index (χ0n) is 14.8. The summed E-state index contributed by atoms with van der Waals surface area (Å²) in [7, 11) is -17.2. The molecule has 1 aromatic heterocycles. The summed E-state index contributed by atoms with van der Waals surface area (Å²) in [6.45, 7) is -3.15. The lowest BCUT2D eigenvalue weighted by molar-refractivity contribution is -0.135. The van der Waals surface area contributed by atoms with Crippen LogP contribution >= 0.6 is 35.7 Å². The van der Waals surface area contributed by atoms with Crippen LogP contribution in [0.1, 0.15) is 6.23 Å². The first-order valence-electron chi connectivity index (χ1n) is 7.67. The van der Waals surface area contributed by atoms with Crippen molar-refractivity contribution in [1.29, 1.82) is 0 Å². The molecule has 1 aromatic rings. The van der Waals surface area contributed by atoms with E-state index in [-0.39, 0.29) is 4.77 Å². The Kier molecular flexibility index (Phi) is 7.94. The van der Waals surface area contributed by atoms with Crippen LogP contribution in [-0.4, -0.2) is 65.4 Å². The fraction of sp³-hybridized carbons (Fsp3) is 0.600. The minimum atomic E-state index is -5.85. The maximum atomic E-state index is 14.6. The number of alkyl halides is 2. The highest BCUT2D eigenvalue weighted by atomic mass is 32.1. The van der Waals surface area contributed by atoms with Gasteiger partial charge in [-0.15, -0.1) is 0 Å². The number of aliphatic hydroxyl groups is 1. The Balaban J connectivity index is 2.21. The number of phosphoric acid groups is 3. The Morgan fingerprint density at radius 1 is 1.23 bits per heavy atom. The van der Waals surface area contributed by atoms with Gasteiger partial charge in [0, 0.05) is 12.3 Å². The van der Waals surface area contributed by atoms with Crippen LogP contribution in [0.5, 0.6) is 0 Å². The number of nitrogens with one attached hydrogen (secondary N) is 1. The van der Waals surface area contributed by atoms with E-state index in [0.29, 0.717) is 0 Å². The van der Waals surface area contributed by atoms with Crippen molar-refractivity contribution in [2.75, 3.05) is 13.3 Å². The van der Waals surface area contributed by atoms with Gasteiger partial charge in [0.1, 0.15) is 12.8 Å². The third kappa shape index (κ3) is 6.65. The molecule has 1 saturated heterocycles. The zero-order chi connectivity index (χ0) is 23.8. The normalized spacial score (nSPS) is 30.6. The van der Waals surface area contributed by atoms with Gasteiger partial charge in [0.2, 0.25) is 0 Å². The molecule has 1 aliphatic heterocycles. The maximum absolute atomic E-state index is 14.6. The monoisotopic (exact) mass is 534 g/mol. The van der Waals surface area contributed by atoms with Gasteiger partial charge in [-0.2, -0.15) is 8.62 Å². The predicted octanol–water partition coefficient (Wildman–Crippen LogP) is 0.185. The van der Waals surface area contributed by atoms with E-state index in [1.165, 1.54) is 0 Å². The van der Waals surface area contributed by atoms with E-state index in [2.05, 4.69) is 18.1 Å². The molecule has 0 aliphatic carbocycles. The van der Waals surface area contributed by atoms with Crippen molar-refractivity contribution in [3.05, 3.63) is 27.4 Å². The number of phosphoric ester groups is 1. The molecule has 6 atom stereocenters. The molecule has 2 heterocycles. The number of H-pyrrole nitrogens is 1. The Hall–Kier alpha value is -0.710. The summed E-state index contributed by atoms with van der Waals surface area (Å²) >= 11 is 4.82. The lowest BCUT2D eigenvalue weighted by atomic mass is 9.98. The van der Waals surface area contributed by atoms with E-state index < -0.39 is 66.4 Å². The van der Waals surface area contributed by atoms with Crippen molar-refractivity contribution >= 4 is 35.7 Å². The number of ether oxygens (including phenoxy) is 1. The average Bonchev–Trinajstić information content (AvgIpc) is 2.82. The molecule has 2 rings (SSSR count). The number of aromatic nitrogens is 2. The van der Waals surface area contributed by atoms with Gasteiger partial charge >= 0.3 is 23.5 Å². The number of rotatable bonds is 9. The van der Waals surface area contributed by atoms with Crippen LogP contribution < -0.4 is 5.56 Å². The SMILES string of the molecule is O=c1ccn([C@@H]2O[C@](CF)(COP(=O)(O)OP(=O)(O)OP(=O)(O)O)C(O)[C@@H]2F)c(=S)[nH]1. The number of hydrogen-bond acceptors (Lipinski definition) is 10. The minimum Gasteiger partial charge on any atom is -0.387 e. The Labute approximate surface area is 175 Å². The van der Waals surface area contributed by atoms with Crippen LogP contribution in [0.4, 0.5) is 8.78 Å². The summed E-state index contributed by atoms with van der Waals surface area (Å²) in [5, 5.41) is 10.1. The van der Waals surface area contributed by atoms with Crippen LogP contribution in [0.15, 0.2) is 17.1 Å². The zero-order valence-corrected chi connectivity index (χ0v) is 18.3. The molecule has 0 radical (unpaired) electrons. The Morgan fingerprint density at radius 2 is 1.84 bits per heavy atom. The van der Waals surface area contributed by atoms with E-state index in [4.69, 9.17) is 31.6 Å². The summed E-state index contributed by atoms with van der Waals surface area (Å²) in [6.07, 6.45) is -5.57. The number of aromatic amines is 1. The van der Waals surface area contributed by atoms with Gasteiger partial charge in [0.05, 0.1) is 6.61 Å². The molecule has 21 heteroatoms. The molecule has 31 heavy (non-hydrogen) atoms. The van der Waals surface area contributed by atoms with Crippen LogP contribution in [-0.2, 0) is 31.6 Å². The van der Waals surface area contributed by atoms with Crippen molar-refractivity contribution in [3.8, 4) is 0 Å². The summed E-state index contributed by atoms with van der Waals surface area (Å²) in [5.41, 5.74) is -3.31. The van der Waals surface area contributed by atoms with Crippen molar-refractivity contribution < 1.29 is 65.0 Å². The van der Waals surface area contributed by atoms with Crippen molar-refractivity contribution in [1.82, 2.24) is 9.55 Å². The van der Waals surface area contributed by atoms with Gasteiger partial charge in [-0.25, -0.2) is 22.5 Å². The number of hydrogen-bond donors (Lipinski definition) is 6. The highest BCUT2D eigenvalue weighted by Crippen LogP contribution is 2.66. The molecule has 3 unspecified atom stereocenters. The summed E-state index contributed by atoms with van der Waals surface area (Å²) in [6, 6.07) is 0.916. The molecule has 0 bridgehead atoms. The second-order valence-electron chi connectivity index (χ2n) is 5.98. The largest absolute Gasteiger partial charge is 0.490 e. The molecule has 178 valence electrons. The van der Waals surface area contributed by atoms with Crippen molar-refractivity contribution in [3.63, 3.8) is 0 Å².